The van der Waals surface area contributed by atoms with E-state index in [1.807, 2.05) is 30.3 Å². The Morgan fingerprint density at radius 1 is 0.581 bits per heavy atom. The highest BCUT2D eigenvalue weighted by Crippen LogP contribution is 2.48. The molecule has 0 radical (unpaired) electrons. The fourth-order valence-electron chi connectivity index (χ4n) is 9.70. The molecule has 0 heterocycles. The van der Waals surface area contributed by atoms with Crippen LogP contribution in [0.5, 0.6) is 0 Å². The fourth-order valence-corrected chi connectivity index (χ4v) is 9.70. The van der Waals surface area contributed by atoms with Crippen molar-refractivity contribution in [2.45, 2.75) is 193 Å². The zero-order valence-corrected chi connectivity index (χ0v) is 45.3. The van der Waals surface area contributed by atoms with Gasteiger partial charge >= 0.3 is 17.8 Å². The van der Waals surface area contributed by atoms with Gasteiger partial charge in [0.25, 0.3) is 11.8 Å². The minimum absolute atomic E-state index is 0.000929. The number of ether oxygens (including phenoxy) is 1. The van der Waals surface area contributed by atoms with Gasteiger partial charge in [0.05, 0.1) is 11.1 Å². The number of hydrogen-bond donors (Lipinski definition) is 6. The third kappa shape index (κ3) is 15.1. The van der Waals surface area contributed by atoms with Gasteiger partial charge < -0.3 is 35.3 Å². The maximum absolute atomic E-state index is 13.6. The summed E-state index contributed by atoms with van der Waals surface area (Å²) in [7, 11) is 0. The van der Waals surface area contributed by atoms with E-state index in [-0.39, 0.29) is 38.5 Å². The summed E-state index contributed by atoms with van der Waals surface area (Å²) in [6.07, 6.45) is 10.4. The molecule has 4 aromatic carbocycles. The quantitative estimate of drug-likeness (QED) is 0.0162. The van der Waals surface area contributed by atoms with E-state index in [9.17, 15) is 34.5 Å². The van der Waals surface area contributed by atoms with Crippen LogP contribution in [0.15, 0.2) is 90.1 Å². The van der Waals surface area contributed by atoms with Crippen molar-refractivity contribution in [3.63, 3.8) is 0 Å². The molecule has 0 saturated carbocycles. The minimum atomic E-state index is -1.24. The average Bonchev–Trinajstić information content (AvgIpc) is 3.35. The molecule has 0 fully saturated rings. The summed E-state index contributed by atoms with van der Waals surface area (Å²) in [6, 6.07) is 23.7. The average molecular weight is 1020 g/mol. The SMILES string of the molecule is CCCCCCC(O)O/N=C(\C(=O)Nc1ccc(C(=O)O)cc1)c1ccc2c(c1)C(C)(C)CCC2(C)C.CCCCCCC(O)OC(=N)C(=O)N(c1ccc(C(=O)O)cc1)c1ccc2c(c1)C(C)(C)CCC2(C)C. The number of benzene rings is 4. The van der Waals surface area contributed by atoms with Crippen LogP contribution in [0.2, 0.25) is 0 Å². The highest BCUT2D eigenvalue weighted by Gasteiger charge is 2.39. The summed E-state index contributed by atoms with van der Waals surface area (Å²) < 4.78 is 5.32. The lowest BCUT2D eigenvalue weighted by Crippen LogP contribution is -2.37. The van der Waals surface area contributed by atoms with Crippen LogP contribution in [0.25, 0.3) is 0 Å². The number of carbonyl (C=O) groups is 4. The first-order valence-electron chi connectivity index (χ1n) is 26.3. The molecule has 4 aromatic rings. The topological polar surface area (TPSA) is 219 Å². The van der Waals surface area contributed by atoms with Gasteiger partial charge in [-0.15, -0.1) is 0 Å². The zero-order valence-electron chi connectivity index (χ0n) is 45.3. The Morgan fingerprint density at radius 3 is 1.51 bits per heavy atom. The number of fused-ring (bicyclic) bond motifs is 2. The molecule has 2 aliphatic carbocycles. The number of nitrogens with one attached hydrogen (secondary N) is 2. The van der Waals surface area contributed by atoms with Crippen molar-refractivity contribution in [2.24, 2.45) is 5.16 Å². The number of unbranched alkanes of at least 4 members (excludes halogenated alkanes) is 6. The lowest BCUT2D eigenvalue weighted by molar-refractivity contribution is -0.116. The Bertz CT molecular complexity index is 2630. The number of nitrogens with zero attached hydrogens (tertiary/aromatic N) is 2. The minimum Gasteiger partial charge on any atom is -0.478 e. The van der Waals surface area contributed by atoms with E-state index in [0.29, 0.717) is 35.5 Å². The highest BCUT2D eigenvalue weighted by molar-refractivity contribution is 6.48. The van der Waals surface area contributed by atoms with Gasteiger partial charge in [0.1, 0.15) is 0 Å². The van der Waals surface area contributed by atoms with Crippen LogP contribution in [0.1, 0.15) is 208 Å². The van der Waals surface area contributed by atoms with Crippen molar-refractivity contribution in [2.75, 3.05) is 10.2 Å². The molecule has 74 heavy (non-hydrogen) atoms. The Balaban J connectivity index is 0.000000274. The number of amides is 2. The molecule has 6 rings (SSSR count). The lowest BCUT2D eigenvalue weighted by atomic mass is 9.63. The Morgan fingerprint density at radius 2 is 1.01 bits per heavy atom. The second-order valence-electron chi connectivity index (χ2n) is 22.5. The first kappa shape index (κ1) is 58.5. The smallest absolute Gasteiger partial charge is 0.335 e. The zero-order chi connectivity index (χ0) is 54.6. The van der Waals surface area contributed by atoms with Crippen LogP contribution in [-0.2, 0) is 40.8 Å². The summed E-state index contributed by atoms with van der Waals surface area (Å²) in [5, 5.41) is 54.3. The Kier molecular flexibility index (Phi) is 20.0. The molecule has 14 heteroatoms. The number of rotatable bonds is 20. The molecule has 2 aliphatic rings. The van der Waals surface area contributed by atoms with Crippen molar-refractivity contribution in [1.82, 2.24) is 0 Å². The molecule has 0 saturated heterocycles. The molecule has 2 atom stereocenters. The standard InChI is InChI=1S/2C30H40N2O5/c1-6-7-8-9-10-25(33)37-32-26(27(34)31-22-14-11-20(12-15-22)28(35)36)21-13-16-23-24(19-21)30(4,5)18-17-29(23,2)3;1-6-7-8-9-10-25(33)37-26(31)27(34)32(21-13-11-20(12-14-21)28(35)36)22-15-16-23-24(19-22)30(4,5)18-17-29(23,2)3/h11-16,19,25,33H,6-10,17-18H2,1-5H3,(H,31,34)(H,35,36);11-16,19,25,31,33H,6-10,17-18H2,1-5H3,(H,35,36)/b32-26-;. The van der Waals surface area contributed by atoms with Crippen LogP contribution in [-0.4, -0.2) is 68.4 Å². The van der Waals surface area contributed by atoms with E-state index in [1.165, 1.54) is 58.0 Å². The van der Waals surface area contributed by atoms with E-state index in [4.69, 9.17) is 20.1 Å². The molecule has 0 aliphatic heterocycles. The Hall–Kier alpha value is -6.38. The molecule has 6 N–H and O–H groups in total. The van der Waals surface area contributed by atoms with E-state index in [2.05, 4.69) is 85.8 Å². The molecule has 0 spiro atoms. The number of oxime groups is 1. The largest absolute Gasteiger partial charge is 0.478 e. The predicted octanol–water partition coefficient (Wildman–Crippen LogP) is 13.1. The van der Waals surface area contributed by atoms with Crippen LogP contribution in [0.4, 0.5) is 17.1 Å². The number of hydrogen-bond acceptors (Lipinski definition) is 10. The van der Waals surface area contributed by atoms with E-state index >= 15 is 0 Å². The van der Waals surface area contributed by atoms with Gasteiger partial charge in [0.15, 0.2) is 12.0 Å². The maximum atomic E-state index is 13.6. The number of carboxylic acid groups (broad SMARTS) is 2. The maximum Gasteiger partial charge on any atom is 0.335 e. The lowest BCUT2D eigenvalue weighted by Gasteiger charge is -2.42. The molecule has 2 amide bonds. The van der Waals surface area contributed by atoms with Crippen molar-refractivity contribution >= 4 is 52.4 Å². The van der Waals surface area contributed by atoms with Gasteiger partial charge in [0, 0.05) is 35.5 Å². The molecule has 2 unspecified atom stereocenters. The highest BCUT2D eigenvalue weighted by atomic mass is 16.7. The second kappa shape index (κ2) is 25.2. The molecular formula is C60H80N4O10. The summed E-state index contributed by atoms with van der Waals surface area (Å²) >= 11 is 0. The van der Waals surface area contributed by atoms with Crippen LogP contribution in [0, 0.1) is 5.41 Å². The monoisotopic (exact) mass is 1020 g/mol. The predicted molar refractivity (Wildman–Crippen MR) is 292 cm³/mol. The molecule has 14 nitrogen and oxygen atoms in total. The van der Waals surface area contributed by atoms with Crippen molar-refractivity contribution in [3.05, 3.63) is 124 Å². The van der Waals surface area contributed by atoms with Gasteiger partial charge in [0.2, 0.25) is 6.29 Å². The Labute approximate surface area is 438 Å². The van der Waals surface area contributed by atoms with Crippen molar-refractivity contribution in [1.29, 1.82) is 5.41 Å². The van der Waals surface area contributed by atoms with Gasteiger partial charge in [-0.1, -0.05) is 131 Å². The van der Waals surface area contributed by atoms with Gasteiger partial charge in [-0.05, 0) is 149 Å². The van der Waals surface area contributed by atoms with Crippen LogP contribution in [0.3, 0.4) is 0 Å². The number of anilines is 3. The third-order valence-corrected chi connectivity index (χ3v) is 14.7. The number of aliphatic hydroxyl groups is 2. The molecule has 0 bridgehead atoms. The summed E-state index contributed by atoms with van der Waals surface area (Å²) in [5.41, 5.74) is 6.95. The number of aliphatic hydroxyl groups excluding tert-OH is 2. The van der Waals surface area contributed by atoms with Gasteiger partial charge in [-0.25, -0.2) is 9.59 Å². The van der Waals surface area contributed by atoms with Crippen molar-refractivity contribution in [3.8, 4) is 0 Å². The molecule has 0 aromatic heterocycles. The van der Waals surface area contributed by atoms with Crippen LogP contribution < -0.4 is 10.2 Å². The summed E-state index contributed by atoms with van der Waals surface area (Å²) in [6.45, 7) is 21.9. The van der Waals surface area contributed by atoms with E-state index < -0.39 is 42.2 Å². The van der Waals surface area contributed by atoms with Gasteiger partial charge in [-0.2, -0.15) is 0 Å². The fraction of sp³-hybridized carbons (Fsp3) is 0.500. The second-order valence-corrected chi connectivity index (χ2v) is 22.5. The number of carbonyl (C=O) groups excluding carboxylic acids is 2. The first-order chi connectivity index (χ1) is 34.8. The van der Waals surface area contributed by atoms with Crippen molar-refractivity contribution < 1.29 is 49.2 Å². The number of aromatic carboxylic acids is 2. The van der Waals surface area contributed by atoms with Crippen LogP contribution >= 0.6 is 0 Å². The van der Waals surface area contributed by atoms with E-state index in [0.717, 1.165) is 82.6 Å². The van der Waals surface area contributed by atoms with Gasteiger partial charge in [-0.3, -0.25) is 19.9 Å². The summed E-state index contributed by atoms with van der Waals surface area (Å²) in [4.78, 5) is 56.2. The van der Waals surface area contributed by atoms with E-state index in [1.54, 1.807) is 12.1 Å². The normalized spacial score (nSPS) is 16.7. The third-order valence-electron chi connectivity index (χ3n) is 14.7. The molecular weight excluding hydrogens is 937 g/mol. The summed E-state index contributed by atoms with van der Waals surface area (Å²) in [5.74, 6) is -4.01. The molecule has 400 valence electrons. The number of carboxylic acids is 2. The first-order valence-corrected chi connectivity index (χ1v) is 26.3.